The van der Waals surface area contributed by atoms with Gasteiger partial charge in [-0.1, -0.05) is 6.92 Å². The van der Waals surface area contributed by atoms with Crippen molar-refractivity contribution in [2.75, 3.05) is 53.2 Å². The molecule has 1 fully saturated rings. The van der Waals surface area contributed by atoms with E-state index in [9.17, 15) is 0 Å². The van der Waals surface area contributed by atoms with E-state index in [0.29, 0.717) is 6.61 Å². The highest BCUT2D eigenvalue weighted by Gasteiger charge is 2.16. The highest BCUT2D eigenvalue weighted by molar-refractivity contribution is 4.68. The van der Waals surface area contributed by atoms with Gasteiger partial charge in [-0.15, -0.1) is 0 Å². The van der Waals surface area contributed by atoms with Crippen LogP contribution in [0.1, 0.15) is 13.3 Å². The van der Waals surface area contributed by atoms with Crippen molar-refractivity contribution in [3.8, 4) is 0 Å². The molecule has 1 atom stereocenters. The van der Waals surface area contributed by atoms with E-state index in [2.05, 4.69) is 11.8 Å². The summed E-state index contributed by atoms with van der Waals surface area (Å²) in [6, 6.07) is 0. The van der Waals surface area contributed by atoms with Gasteiger partial charge in [-0.2, -0.15) is 0 Å². The first kappa shape index (κ1) is 12.9. The SMILES string of the molecule is CCCOC(COC)CN1CCOCC1. The minimum atomic E-state index is 0.202. The summed E-state index contributed by atoms with van der Waals surface area (Å²) in [5, 5.41) is 0. The predicted molar refractivity (Wildman–Crippen MR) is 59.2 cm³/mol. The van der Waals surface area contributed by atoms with Crippen molar-refractivity contribution < 1.29 is 14.2 Å². The number of hydrogen-bond donors (Lipinski definition) is 0. The topological polar surface area (TPSA) is 30.9 Å². The number of rotatable bonds is 7. The molecule has 4 heteroatoms. The highest BCUT2D eigenvalue weighted by atomic mass is 16.5. The maximum absolute atomic E-state index is 5.73. The molecule has 0 N–H and O–H groups in total. The van der Waals surface area contributed by atoms with E-state index < -0.39 is 0 Å². The predicted octanol–water partition coefficient (Wildman–Crippen LogP) is 0.760. The van der Waals surface area contributed by atoms with Crippen molar-refractivity contribution in [3.05, 3.63) is 0 Å². The number of nitrogens with zero attached hydrogens (tertiary/aromatic N) is 1. The third kappa shape index (κ3) is 5.47. The van der Waals surface area contributed by atoms with Gasteiger partial charge < -0.3 is 14.2 Å². The van der Waals surface area contributed by atoms with Gasteiger partial charge in [-0.3, -0.25) is 4.90 Å². The van der Waals surface area contributed by atoms with E-state index in [1.807, 2.05) is 0 Å². The van der Waals surface area contributed by atoms with Gasteiger partial charge in [-0.25, -0.2) is 0 Å². The Morgan fingerprint density at radius 3 is 2.67 bits per heavy atom. The van der Waals surface area contributed by atoms with Gasteiger partial charge in [0.25, 0.3) is 0 Å². The van der Waals surface area contributed by atoms with Gasteiger partial charge in [0.05, 0.1) is 25.9 Å². The van der Waals surface area contributed by atoms with Crippen LogP contribution >= 0.6 is 0 Å². The molecule has 0 amide bonds. The standard InChI is InChI=1S/C11H23NO3/c1-3-6-15-11(10-13-2)9-12-4-7-14-8-5-12/h11H,3-10H2,1-2H3. The molecule has 0 spiro atoms. The van der Waals surface area contributed by atoms with Crippen molar-refractivity contribution in [3.63, 3.8) is 0 Å². The molecule has 0 bridgehead atoms. The number of hydrogen-bond acceptors (Lipinski definition) is 4. The second-order valence-electron chi connectivity index (χ2n) is 3.86. The van der Waals surface area contributed by atoms with Gasteiger partial charge >= 0.3 is 0 Å². The van der Waals surface area contributed by atoms with Crippen LogP contribution in [0.25, 0.3) is 0 Å². The van der Waals surface area contributed by atoms with E-state index in [-0.39, 0.29) is 6.10 Å². The molecular formula is C11H23NO3. The Balaban J connectivity index is 2.21. The van der Waals surface area contributed by atoms with Gasteiger partial charge in [0.15, 0.2) is 0 Å². The zero-order valence-corrected chi connectivity index (χ0v) is 9.91. The number of morpholine rings is 1. The lowest BCUT2D eigenvalue weighted by Gasteiger charge is -2.30. The van der Waals surface area contributed by atoms with Crippen LogP contribution in [0.2, 0.25) is 0 Å². The Hall–Kier alpha value is -0.160. The molecule has 1 aliphatic heterocycles. The van der Waals surface area contributed by atoms with Crippen LogP contribution in [0, 0.1) is 0 Å². The second kappa shape index (κ2) is 8.05. The zero-order chi connectivity index (χ0) is 10.9. The fourth-order valence-corrected chi connectivity index (χ4v) is 1.70. The quantitative estimate of drug-likeness (QED) is 0.630. The Labute approximate surface area is 92.5 Å². The van der Waals surface area contributed by atoms with Gasteiger partial charge in [0, 0.05) is 33.4 Å². The summed E-state index contributed by atoms with van der Waals surface area (Å²) in [4.78, 5) is 2.38. The summed E-state index contributed by atoms with van der Waals surface area (Å²) in [6.45, 7) is 8.28. The van der Waals surface area contributed by atoms with Crippen LogP contribution < -0.4 is 0 Å². The summed E-state index contributed by atoms with van der Waals surface area (Å²) in [5.41, 5.74) is 0. The molecule has 0 aromatic heterocycles. The van der Waals surface area contributed by atoms with Crippen molar-refractivity contribution in [1.82, 2.24) is 4.90 Å². The van der Waals surface area contributed by atoms with E-state index in [1.165, 1.54) is 0 Å². The molecule has 0 aromatic carbocycles. The minimum Gasteiger partial charge on any atom is -0.382 e. The van der Waals surface area contributed by atoms with Crippen molar-refractivity contribution in [2.45, 2.75) is 19.4 Å². The molecule has 1 saturated heterocycles. The normalized spacial score (nSPS) is 20.4. The first-order chi connectivity index (χ1) is 7.36. The average Bonchev–Trinajstić information content (AvgIpc) is 2.28. The maximum atomic E-state index is 5.73. The van der Waals surface area contributed by atoms with Crippen LogP contribution in [0.3, 0.4) is 0 Å². The maximum Gasteiger partial charge on any atom is 0.0934 e. The third-order valence-electron chi connectivity index (χ3n) is 2.48. The molecule has 0 aromatic rings. The van der Waals surface area contributed by atoms with Crippen molar-refractivity contribution in [2.24, 2.45) is 0 Å². The lowest BCUT2D eigenvalue weighted by atomic mass is 10.3. The van der Waals surface area contributed by atoms with Crippen LogP contribution in [0.15, 0.2) is 0 Å². The first-order valence-electron chi connectivity index (χ1n) is 5.77. The van der Waals surface area contributed by atoms with Crippen LogP contribution in [0.5, 0.6) is 0 Å². The summed E-state index contributed by atoms with van der Waals surface area (Å²) < 4.78 is 16.2. The summed E-state index contributed by atoms with van der Waals surface area (Å²) in [7, 11) is 1.72. The fraction of sp³-hybridized carbons (Fsp3) is 1.00. The van der Waals surface area contributed by atoms with Crippen molar-refractivity contribution >= 4 is 0 Å². The molecule has 1 heterocycles. The van der Waals surface area contributed by atoms with Crippen LogP contribution in [-0.2, 0) is 14.2 Å². The molecule has 1 unspecified atom stereocenters. The monoisotopic (exact) mass is 217 g/mol. The van der Waals surface area contributed by atoms with E-state index in [4.69, 9.17) is 14.2 Å². The Bertz CT molecular complexity index is 149. The third-order valence-corrected chi connectivity index (χ3v) is 2.48. The molecule has 4 nitrogen and oxygen atoms in total. The molecule has 0 radical (unpaired) electrons. The lowest BCUT2D eigenvalue weighted by molar-refractivity contribution is -0.0397. The lowest BCUT2D eigenvalue weighted by Crippen LogP contribution is -2.43. The fourth-order valence-electron chi connectivity index (χ4n) is 1.70. The summed E-state index contributed by atoms with van der Waals surface area (Å²) in [5.74, 6) is 0. The Morgan fingerprint density at radius 2 is 2.07 bits per heavy atom. The molecule has 15 heavy (non-hydrogen) atoms. The highest BCUT2D eigenvalue weighted by Crippen LogP contribution is 2.02. The number of ether oxygens (including phenoxy) is 3. The molecule has 1 aliphatic rings. The summed E-state index contributed by atoms with van der Waals surface area (Å²) >= 11 is 0. The Morgan fingerprint density at radius 1 is 1.33 bits per heavy atom. The van der Waals surface area contributed by atoms with E-state index in [0.717, 1.165) is 45.9 Å². The molecule has 0 aliphatic carbocycles. The molecule has 90 valence electrons. The van der Waals surface area contributed by atoms with E-state index >= 15 is 0 Å². The van der Waals surface area contributed by atoms with E-state index in [1.54, 1.807) is 7.11 Å². The Kier molecular flexibility index (Phi) is 6.92. The molecule has 1 rings (SSSR count). The molecular weight excluding hydrogens is 194 g/mol. The second-order valence-corrected chi connectivity index (χ2v) is 3.86. The average molecular weight is 217 g/mol. The number of methoxy groups -OCH3 is 1. The minimum absolute atomic E-state index is 0.202. The van der Waals surface area contributed by atoms with Gasteiger partial charge in [0.1, 0.15) is 0 Å². The smallest absolute Gasteiger partial charge is 0.0934 e. The summed E-state index contributed by atoms with van der Waals surface area (Å²) in [6.07, 6.45) is 1.26. The zero-order valence-electron chi connectivity index (χ0n) is 9.91. The van der Waals surface area contributed by atoms with Crippen LogP contribution in [-0.4, -0.2) is 64.2 Å². The molecule has 0 saturated carbocycles. The van der Waals surface area contributed by atoms with Crippen LogP contribution in [0.4, 0.5) is 0 Å². The largest absolute Gasteiger partial charge is 0.382 e. The van der Waals surface area contributed by atoms with Gasteiger partial charge in [-0.05, 0) is 6.42 Å². The van der Waals surface area contributed by atoms with Gasteiger partial charge in [0.2, 0.25) is 0 Å². The van der Waals surface area contributed by atoms with Crippen molar-refractivity contribution in [1.29, 1.82) is 0 Å². The first-order valence-corrected chi connectivity index (χ1v) is 5.77.